The van der Waals surface area contributed by atoms with E-state index in [0.29, 0.717) is 17.7 Å². The molecule has 1 heterocycles. The summed E-state index contributed by atoms with van der Waals surface area (Å²) in [7, 11) is 3.97. The first-order valence-electron chi connectivity index (χ1n) is 8.03. The number of likely N-dealkylation sites (tertiary alicyclic amines) is 1. The number of carbonyl (C=O) groups is 1. The number of likely N-dealkylation sites (N-methyl/N-ethyl adjacent to an activating group) is 1. The predicted molar refractivity (Wildman–Crippen MR) is 81.8 cm³/mol. The highest BCUT2D eigenvalue weighted by molar-refractivity contribution is 5.81. The third kappa shape index (κ3) is 1.80. The Bertz CT molecular complexity index is 597. The summed E-state index contributed by atoms with van der Waals surface area (Å²) in [5, 5.41) is 0. The largest absolute Gasteiger partial charge is 0.497 e. The summed E-state index contributed by atoms with van der Waals surface area (Å²) in [5.74, 6) is 2.01. The zero-order valence-corrected chi connectivity index (χ0v) is 12.9. The number of rotatable bonds is 1. The first-order chi connectivity index (χ1) is 10.1. The maximum absolute atomic E-state index is 12.2. The average molecular weight is 285 g/mol. The molecule has 3 atom stereocenters. The van der Waals surface area contributed by atoms with Crippen molar-refractivity contribution >= 4 is 5.78 Å². The Morgan fingerprint density at radius 3 is 3.05 bits per heavy atom. The zero-order valence-electron chi connectivity index (χ0n) is 12.9. The van der Waals surface area contributed by atoms with Gasteiger partial charge in [-0.05, 0) is 62.0 Å². The summed E-state index contributed by atoms with van der Waals surface area (Å²) < 4.78 is 5.45. The van der Waals surface area contributed by atoms with Gasteiger partial charge in [-0.15, -0.1) is 0 Å². The highest BCUT2D eigenvalue weighted by Gasteiger charge is 2.54. The molecule has 1 saturated heterocycles. The topological polar surface area (TPSA) is 29.5 Å². The van der Waals surface area contributed by atoms with E-state index in [1.165, 1.54) is 11.1 Å². The first-order valence-corrected chi connectivity index (χ1v) is 8.03. The van der Waals surface area contributed by atoms with Crippen molar-refractivity contribution in [1.29, 1.82) is 0 Å². The Morgan fingerprint density at radius 2 is 2.24 bits per heavy atom. The SMILES string of the molecule is COc1ccc2c(c1)[C@]13CCN(C)[C@@H](C2)[C@H]1CCC(=O)C3. The molecule has 0 amide bonds. The van der Waals surface area contributed by atoms with Gasteiger partial charge in [-0.2, -0.15) is 0 Å². The van der Waals surface area contributed by atoms with Crippen LogP contribution >= 0.6 is 0 Å². The van der Waals surface area contributed by atoms with Crippen molar-refractivity contribution in [3.8, 4) is 5.75 Å². The van der Waals surface area contributed by atoms with Gasteiger partial charge in [0.1, 0.15) is 11.5 Å². The number of ether oxygens (including phenoxy) is 1. The minimum Gasteiger partial charge on any atom is -0.497 e. The lowest BCUT2D eigenvalue weighted by Gasteiger charge is -2.58. The molecular formula is C18H23NO2. The fourth-order valence-electron chi connectivity index (χ4n) is 5.12. The fraction of sp³-hybridized carbons (Fsp3) is 0.611. The molecule has 3 nitrogen and oxygen atoms in total. The molecule has 3 heteroatoms. The van der Waals surface area contributed by atoms with Crippen LogP contribution in [-0.4, -0.2) is 37.4 Å². The highest BCUT2D eigenvalue weighted by atomic mass is 16.5. The third-order valence-electron chi connectivity index (χ3n) is 6.18. The van der Waals surface area contributed by atoms with Crippen molar-refractivity contribution < 1.29 is 9.53 Å². The van der Waals surface area contributed by atoms with Crippen LogP contribution in [0.3, 0.4) is 0 Å². The predicted octanol–water partition coefficient (Wildman–Crippen LogP) is 2.56. The molecule has 2 aliphatic carbocycles. The molecule has 1 aromatic rings. The Hall–Kier alpha value is -1.35. The second kappa shape index (κ2) is 4.57. The smallest absolute Gasteiger partial charge is 0.133 e. The molecule has 1 saturated carbocycles. The molecule has 21 heavy (non-hydrogen) atoms. The zero-order chi connectivity index (χ0) is 14.6. The number of hydrogen-bond acceptors (Lipinski definition) is 3. The minimum atomic E-state index is 0.0780. The molecule has 2 fully saturated rings. The summed E-state index contributed by atoms with van der Waals surface area (Å²) in [6.07, 6.45) is 4.80. The van der Waals surface area contributed by atoms with Crippen molar-refractivity contribution in [2.75, 3.05) is 20.7 Å². The van der Waals surface area contributed by atoms with Crippen molar-refractivity contribution in [3.05, 3.63) is 29.3 Å². The van der Waals surface area contributed by atoms with Gasteiger partial charge in [0, 0.05) is 24.3 Å². The molecule has 1 aromatic carbocycles. The molecule has 0 aromatic heterocycles. The molecular weight excluding hydrogens is 262 g/mol. The first kappa shape index (κ1) is 13.3. The van der Waals surface area contributed by atoms with E-state index in [4.69, 9.17) is 4.74 Å². The monoisotopic (exact) mass is 285 g/mol. The van der Waals surface area contributed by atoms with Crippen LogP contribution in [0.4, 0.5) is 0 Å². The number of piperidine rings is 1. The van der Waals surface area contributed by atoms with E-state index in [9.17, 15) is 4.79 Å². The number of hydrogen-bond donors (Lipinski definition) is 0. The number of nitrogens with zero attached hydrogens (tertiary/aromatic N) is 1. The van der Waals surface area contributed by atoms with Gasteiger partial charge >= 0.3 is 0 Å². The number of methoxy groups -OCH3 is 1. The molecule has 1 aliphatic heterocycles. The molecule has 0 unspecified atom stereocenters. The van der Waals surface area contributed by atoms with E-state index < -0.39 is 0 Å². The van der Waals surface area contributed by atoms with E-state index in [-0.39, 0.29) is 5.41 Å². The number of benzene rings is 1. The highest BCUT2D eigenvalue weighted by Crippen LogP contribution is 2.55. The van der Waals surface area contributed by atoms with Crippen molar-refractivity contribution in [3.63, 3.8) is 0 Å². The third-order valence-corrected chi connectivity index (χ3v) is 6.18. The Labute approximate surface area is 126 Å². The Balaban J connectivity index is 1.90. The minimum absolute atomic E-state index is 0.0780. The molecule has 0 N–H and O–H groups in total. The normalized spacial score (nSPS) is 35.0. The second-order valence-electron chi connectivity index (χ2n) is 7.04. The van der Waals surface area contributed by atoms with Gasteiger partial charge in [0.15, 0.2) is 0 Å². The Kier molecular flexibility index (Phi) is 2.90. The van der Waals surface area contributed by atoms with Gasteiger partial charge in [-0.1, -0.05) is 6.07 Å². The second-order valence-corrected chi connectivity index (χ2v) is 7.04. The number of Topliss-reactive ketones (excluding diaryl/α,β-unsaturated/α-hetero) is 1. The van der Waals surface area contributed by atoms with Crippen LogP contribution in [0.15, 0.2) is 18.2 Å². The van der Waals surface area contributed by atoms with Gasteiger partial charge in [0.2, 0.25) is 0 Å². The molecule has 4 rings (SSSR count). The quantitative estimate of drug-likeness (QED) is 0.794. The molecule has 2 bridgehead atoms. The van der Waals surface area contributed by atoms with E-state index in [2.05, 4.69) is 30.1 Å². The fourth-order valence-corrected chi connectivity index (χ4v) is 5.12. The summed E-state index contributed by atoms with van der Waals surface area (Å²) in [6.45, 7) is 1.10. The van der Waals surface area contributed by atoms with E-state index >= 15 is 0 Å². The van der Waals surface area contributed by atoms with E-state index in [1.807, 2.05) is 0 Å². The van der Waals surface area contributed by atoms with Crippen LogP contribution in [0, 0.1) is 5.92 Å². The van der Waals surface area contributed by atoms with Crippen LogP contribution in [0.1, 0.15) is 36.8 Å². The lowest BCUT2D eigenvalue weighted by atomic mass is 9.52. The van der Waals surface area contributed by atoms with E-state index in [0.717, 1.165) is 44.4 Å². The summed E-state index contributed by atoms with van der Waals surface area (Å²) in [6, 6.07) is 7.10. The number of ketones is 1. The van der Waals surface area contributed by atoms with Crippen LogP contribution in [0.2, 0.25) is 0 Å². The molecule has 3 aliphatic rings. The maximum Gasteiger partial charge on any atom is 0.133 e. The van der Waals surface area contributed by atoms with Gasteiger partial charge in [0.05, 0.1) is 7.11 Å². The molecule has 0 spiro atoms. The standard InChI is InChI=1S/C18H23NO2/c1-19-8-7-18-11-13(20)4-6-15(18)17(19)9-12-3-5-14(21-2)10-16(12)18/h3,5,10,15,17H,4,6-9,11H2,1-2H3/t15-,17+,18+/m1/s1. The number of fused-ring (bicyclic) bond motifs is 1. The van der Waals surface area contributed by atoms with Gasteiger partial charge in [0.25, 0.3) is 0 Å². The summed E-state index contributed by atoms with van der Waals surface area (Å²) in [4.78, 5) is 14.7. The summed E-state index contributed by atoms with van der Waals surface area (Å²) >= 11 is 0. The lowest BCUT2D eigenvalue weighted by molar-refractivity contribution is -0.126. The van der Waals surface area contributed by atoms with Crippen LogP contribution in [0.5, 0.6) is 5.75 Å². The van der Waals surface area contributed by atoms with Gasteiger partial charge in [-0.3, -0.25) is 4.79 Å². The maximum atomic E-state index is 12.2. The van der Waals surface area contributed by atoms with Crippen LogP contribution < -0.4 is 4.74 Å². The van der Waals surface area contributed by atoms with Gasteiger partial charge < -0.3 is 9.64 Å². The molecule has 112 valence electrons. The number of carbonyl (C=O) groups excluding carboxylic acids is 1. The van der Waals surface area contributed by atoms with Crippen LogP contribution in [0.25, 0.3) is 0 Å². The van der Waals surface area contributed by atoms with Crippen molar-refractivity contribution in [1.82, 2.24) is 4.90 Å². The molecule has 0 radical (unpaired) electrons. The summed E-state index contributed by atoms with van der Waals surface area (Å²) in [5.41, 5.74) is 2.91. The van der Waals surface area contributed by atoms with Crippen LogP contribution in [-0.2, 0) is 16.6 Å². The van der Waals surface area contributed by atoms with E-state index in [1.54, 1.807) is 7.11 Å². The van der Waals surface area contributed by atoms with Crippen molar-refractivity contribution in [2.45, 2.75) is 43.6 Å². The van der Waals surface area contributed by atoms with Gasteiger partial charge in [-0.25, -0.2) is 0 Å². The van der Waals surface area contributed by atoms with Crippen molar-refractivity contribution in [2.24, 2.45) is 5.92 Å². The lowest BCUT2D eigenvalue weighted by Crippen LogP contribution is -2.60. The average Bonchev–Trinajstić information content (AvgIpc) is 2.50. The Morgan fingerprint density at radius 1 is 1.38 bits per heavy atom.